The Morgan fingerprint density at radius 1 is 1.36 bits per heavy atom. The molecule has 1 aliphatic rings. The van der Waals surface area contributed by atoms with Crippen molar-refractivity contribution in [1.82, 2.24) is 4.31 Å². The minimum absolute atomic E-state index is 0.186. The molecule has 5 nitrogen and oxygen atoms in total. The molecule has 0 spiro atoms. The standard InChI is InChI=1S/C16H20N2O3S/c17-9-4-10-18(13-16-7-11-21-14-16)22(19,20)12-8-15-5-2-1-3-6-15/h1-3,5-6,8,12,16H,4,7,10-11,13-14H2/b12-8+. The lowest BCUT2D eigenvalue weighted by atomic mass is 10.1. The first-order chi connectivity index (χ1) is 10.6. The molecule has 6 heteroatoms. The van der Waals surface area contributed by atoms with Crippen molar-refractivity contribution in [3.05, 3.63) is 41.3 Å². The SMILES string of the molecule is N#CCCN(CC1CCOC1)S(=O)(=O)/C=C/c1ccccc1. The lowest BCUT2D eigenvalue weighted by Gasteiger charge is -2.21. The summed E-state index contributed by atoms with van der Waals surface area (Å²) in [5, 5.41) is 9.95. The van der Waals surface area contributed by atoms with E-state index in [2.05, 4.69) is 0 Å². The van der Waals surface area contributed by atoms with E-state index in [0.717, 1.165) is 12.0 Å². The molecule has 0 aromatic heterocycles. The number of hydrogen-bond donors (Lipinski definition) is 0. The molecule has 1 atom stereocenters. The average molecular weight is 320 g/mol. The van der Waals surface area contributed by atoms with Crippen molar-refractivity contribution >= 4 is 16.1 Å². The molecule has 0 radical (unpaired) electrons. The van der Waals surface area contributed by atoms with Gasteiger partial charge in [-0.1, -0.05) is 30.3 Å². The van der Waals surface area contributed by atoms with Crippen molar-refractivity contribution < 1.29 is 13.2 Å². The zero-order valence-corrected chi connectivity index (χ0v) is 13.2. The van der Waals surface area contributed by atoms with Crippen LogP contribution in [-0.4, -0.2) is 39.0 Å². The van der Waals surface area contributed by atoms with Gasteiger partial charge in [-0.15, -0.1) is 0 Å². The molecule has 2 rings (SSSR count). The van der Waals surface area contributed by atoms with Crippen LogP contribution in [-0.2, 0) is 14.8 Å². The van der Waals surface area contributed by atoms with Gasteiger partial charge in [0.15, 0.2) is 0 Å². The van der Waals surface area contributed by atoms with Gasteiger partial charge in [-0.05, 0) is 24.0 Å². The van der Waals surface area contributed by atoms with E-state index < -0.39 is 10.0 Å². The predicted octanol–water partition coefficient (Wildman–Crippen LogP) is 2.24. The molecule has 0 saturated carbocycles. The van der Waals surface area contributed by atoms with Crippen LogP contribution in [0.4, 0.5) is 0 Å². The minimum Gasteiger partial charge on any atom is -0.381 e. The maximum absolute atomic E-state index is 12.5. The molecular weight excluding hydrogens is 300 g/mol. The van der Waals surface area contributed by atoms with Crippen molar-refractivity contribution in [3.8, 4) is 6.07 Å². The predicted molar refractivity (Wildman–Crippen MR) is 85.1 cm³/mol. The van der Waals surface area contributed by atoms with Gasteiger partial charge in [-0.3, -0.25) is 0 Å². The van der Waals surface area contributed by atoms with Crippen LogP contribution in [0.3, 0.4) is 0 Å². The lowest BCUT2D eigenvalue weighted by molar-refractivity contribution is 0.180. The van der Waals surface area contributed by atoms with E-state index >= 15 is 0 Å². The highest BCUT2D eigenvalue weighted by atomic mass is 32.2. The van der Waals surface area contributed by atoms with E-state index in [-0.39, 0.29) is 18.9 Å². The van der Waals surface area contributed by atoms with Gasteiger partial charge in [0.2, 0.25) is 10.0 Å². The van der Waals surface area contributed by atoms with Crippen molar-refractivity contribution in [2.45, 2.75) is 12.8 Å². The van der Waals surface area contributed by atoms with Gasteiger partial charge in [0.25, 0.3) is 0 Å². The molecule has 0 amide bonds. The number of ether oxygens (including phenoxy) is 1. The van der Waals surface area contributed by atoms with E-state index in [4.69, 9.17) is 10.00 Å². The van der Waals surface area contributed by atoms with Crippen LogP contribution in [0, 0.1) is 17.2 Å². The molecule has 118 valence electrons. The van der Waals surface area contributed by atoms with Crippen LogP contribution < -0.4 is 0 Å². The van der Waals surface area contributed by atoms with Crippen LogP contribution in [0.5, 0.6) is 0 Å². The number of sulfonamides is 1. The molecule has 0 bridgehead atoms. The first-order valence-corrected chi connectivity index (χ1v) is 8.80. The molecular formula is C16H20N2O3S. The molecule has 1 aliphatic heterocycles. The van der Waals surface area contributed by atoms with Crippen molar-refractivity contribution in [2.75, 3.05) is 26.3 Å². The maximum Gasteiger partial charge on any atom is 0.236 e. The van der Waals surface area contributed by atoms with Gasteiger partial charge in [-0.2, -0.15) is 9.57 Å². The van der Waals surface area contributed by atoms with Gasteiger partial charge < -0.3 is 4.74 Å². The summed E-state index contributed by atoms with van der Waals surface area (Å²) in [5.74, 6) is 0.207. The highest BCUT2D eigenvalue weighted by Gasteiger charge is 2.25. The normalized spacial score (nSPS) is 18.8. The van der Waals surface area contributed by atoms with Crippen molar-refractivity contribution in [1.29, 1.82) is 5.26 Å². The highest BCUT2D eigenvalue weighted by Crippen LogP contribution is 2.17. The monoisotopic (exact) mass is 320 g/mol. The molecule has 1 heterocycles. The molecule has 22 heavy (non-hydrogen) atoms. The third-order valence-electron chi connectivity index (χ3n) is 3.55. The molecule has 1 unspecified atom stereocenters. The Morgan fingerprint density at radius 3 is 2.77 bits per heavy atom. The summed E-state index contributed by atoms with van der Waals surface area (Å²) in [6.07, 6.45) is 2.63. The van der Waals surface area contributed by atoms with Crippen LogP contribution >= 0.6 is 0 Å². The topological polar surface area (TPSA) is 70.4 Å². The Hall–Kier alpha value is -1.68. The lowest BCUT2D eigenvalue weighted by Crippen LogP contribution is -2.35. The molecule has 1 fully saturated rings. The first kappa shape index (κ1) is 16.7. The van der Waals surface area contributed by atoms with E-state index in [9.17, 15) is 8.42 Å². The van der Waals surface area contributed by atoms with E-state index in [1.165, 1.54) is 9.71 Å². The fraction of sp³-hybridized carbons (Fsp3) is 0.438. The van der Waals surface area contributed by atoms with Crippen LogP contribution in [0.25, 0.3) is 6.08 Å². The van der Waals surface area contributed by atoms with Gasteiger partial charge in [0, 0.05) is 31.5 Å². The second-order valence-corrected chi connectivity index (χ2v) is 7.07. The minimum atomic E-state index is -3.53. The summed E-state index contributed by atoms with van der Waals surface area (Å²) in [7, 11) is -3.53. The Labute approximate surface area is 131 Å². The largest absolute Gasteiger partial charge is 0.381 e. The number of benzene rings is 1. The molecule has 1 saturated heterocycles. The molecule has 0 aliphatic carbocycles. The zero-order valence-electron chi connectivity index (χ0n) is 12.4. The van der Waals surface area contributed by atoms with Gasteiger partial charge >= 0.3 is 0 Å². The van der Waals surface area contributed by atoms with Gasteiger partial charge in [0.05, 0.1) is 12.7 Å². The van der Waals surface area contributed by atoms with Gasteiger partial charge in [0.1, 0.15) is 0 Å². The quantitative estimate of drug-likeness (QED) is 0.772. The average Bonchev–Trinajstić information content (AvgIpc) is 3.03. The third-order valence-corrected chi connectivity index (χ3v) is 5.08. The van der Waals surface area contributed by atoms with E-state index in [0.29, 0.717) is 19.8 Å². The highest BCUT2D eigenvalue weighted by molar-refractivity contribution is 7.92. The summed E-state index contributed by atoms with van der Waals surface area (Å²) in [6, 6.07) is 11.3. The van der Waals surface area contributed by atoms with Gasteiger partial charge in [-0.25, -0.2) is 8.42 Å². The van der Waals surface area contributed by atoms with Crippen LogP contribution in [0.1, 0.15) is 18.4 Å². The third kappa shape index (κ3) is 4.95. The Morgan fingerprint density at radius 2 is 2.14 bits per heavy atom. The summed E-state index contributed by atoms with van der Waals surface area (Å²) < 4.78 is 31.7. The number of hydrogen-bond acceptors (Lipinski definition) is 4. The first-order valence-electron chi connectivity index (χ1n) is 7.30. The summed E-state index contributed by atoms with van der Waals surface area (Å²) >= 11 is 0. The number of rotatable bonds is 7. The van der Waals surface area contributed by atoms with E-state index in [1.807, 2.05) is 36.4 Å². The molecule has 0 N–H and O–H groups in total. The Balaban J connectivity index is 2.09. The van der Waals surface area contributed by atoms with Crippen LogP contribution in [0.2, 0.25) is 0 Å². The Kier molecular flexibility index (Phi) is 6.13. The van der Waals surface area contributed by atoms with Crippen molar-refractivity contribution in [2.24, 2.45) is 5.92 Å². The van der Waals surface area contributed by atoms with Crippen LogP contribution in [0.15, 0.2) is 35.7 Å². The summed E-state index contributed by atoms with van der Waals surface area (Å²) in [6.45, 7) is 1.88. The smallest absolute Gasteiger partial charge is 0.236 e. The fourth-order valence-corrected chi connectivity index (χ4v) is 3.59. The fourth-order valence-electron chi connectivity index (χ4n) is 2.33. The zero-order chi connectivity index (χ0) is 15.8. The second-order valence-electron chi connectivity index (χ2n) is 5.25. The summed E-state index contributed by atoms with van der Waals surface area (Å²) in [5.41, 5.74) is 0.829. The van der Waals surface area contributed by atoms with Crippen molar-refractivity contribution in [3.63, 3.8) is 0 Å². The maximum atomic E-state index is 12.5. The summed E-state index contributed by atoms with van der Waals surface area (Å²) in [4.78, 5) is 0. The Bertz CT molecular complexity index is 629. The second kappa shape index (κ2) is 8.08. The van der Waals surface area contributed by atoms with E-state index in [1.54, 1.807) is 6.08 Å². The number of nitriles is 1. The molecule has 1 aromatic carbocycles. The molecule has 1 aromatic rings. The number of nitrogens with zero attached hydrogens (tertiary/aromatic N) is 2.